The molecule has 102 valence electrons. The van der Waals surface area contributed by atoms with E-state index in [0.717, 1.165) is 49.8 Å². The van der Waals surface area contributed by atoms with Gasteiger partial charge < -0.3 is 14.5 Å². The summed E-state index contributed by atoms with van der Waals surface area (Å²) < 4.78 is 10.7. The predicted octanol–water partition coefficient (Wildman–Crippen LogP) is 2.51. The normalized spacial score (nSPS) is 10.8. The van der Waals surface area contributed by atoms with E-state index in [1.54, 1.807) is 13.3 Å². The minimum absolute atomic E-state index is 0.747. The van der Waals surface area contributed by atoms with Crippen LogP contribution in [0.4, 0.5) is 0 Å². The van der Waals surface area contributed by atoms with Crippen LogP contribution in [0.3, 0.4) is 0 Å². The summed E-state index contributed by atoms with van der Waals surface area (Å²) in [5.41, 5.74) is 1.07. The van der Waals surface area contributed by atoms with Gasteiger partial charge in [0.1, 0.15) is 0 Å². The summed E-state index contributed by atoms with van der Waals surface area (Å²) in [5, 5.41) is 3.30. The second-order valence-electron chi connectivity index (χ2n) is 4.33. The molecule has 4 heteroatoms. The SMILES string of the molecule is COCCNCCCc1ncc(-c2ccccc2)o1. The summed E-state index contributed by atoms with van der Waals surface area (Å²) in [7, 11) is 1.71. The highest BCUT2D eigenvalue weighted by molar-refractivity contribution is 5.55. The molecule has 0 saturated heterocycles. The van der Waals surface area contributed by atoms with E-state index in [0.29, 0.717) is 0 Å². The fourth-order valence-electron chi connectivity index (χ4n) is 1.83. The van der Waals surface area contributed by atoms with Crippen molar-refractivity contribution in [2.24, 2.45) is 0 Å². The van der Waals surface area contributed by atoms with Gasteiger partial charge in [-0.2, -0.15) is 0 Å². The molecule has 2 rings (SSSR count). The zero-order valence-corrected chi connectivity index (χ0v) is 11.3. The van der Waals surface area contributed by atoms with Crippen molar-refractivity contribution in [2.75, 3.05) is 26.8 Å². The largest absolute Gasteiger partial charge is 0.441 e. The monoisotopic (exact) mass is 260 g/mol. The summed E-state index contributed by atoms with van der Waals surface area (Å²) >= 11 is 0. The maximum absolute atomic E-state index is 5.73. The topological polar surface area (TPSA) is 47.3 Å². The number of aromatic nitrogens is 1. The number of hydrogen-bond acceptors (Lipinski definition) is 4. The van der Waals surface area contributed by atoms with Crippen LogP contribution in [-0.4, -0.2) is 31.8 Å². The maximum atomic E-state index is 5.73. The molecule has 0 unspecified atom stereocenters. The lowest BCUT2D eigenvalue weighted by Gasteiger charge is -2.02. The lowest BCUT2D eigenvalue weighted by Crippen LogP contribution is -2.20. The van der Waals surface area contributed by atoms with Crippen LogP contribution in [0.25, 0.3) is 11.3 Å². The minimum atomic E-state index is 0.747. The molecule has 0 fully saturated rings. The summed E-state index contributed by atoms with van der Waals surface area (Å²) in [6, 6.07) is 10.0. The van der Waals surface area contributed by atoms with E-state index in [1.165, 1.54) is 0 Å². The Morgan fingerprint density at radius 1 is 1.21 bits per heavy atom. The van der Waals surface area contributed by atoms with Gasteiger partial charge in [-0.05, 0) is 13.0 Å². The highest BCUT2D eigenvalue weighted by atomic mass is 16.5. The average Bonchev–Trinajstić information content (AvgIpc) is 2.92. The zero-order chi connectivity index (χ0) is 13.3. The van der Waals surface area contributed by atoms with E-state index in [-0.39, 0.29) is 0 Å². The van der Waals surface area contributed by atoms with E-state index in [9.17, 15) is 0 Å². The highest BCUT2D eigenvalue weighted by Gasteiger charge is 2.05. The number of aryl methyl sites for hydroxylation is 1. The lowest BCUT2D eigenvalue weighted by atomic mass is 10.2. The average molecular weight is 260 g/mol. The van der Waals surface area contributed by atoms with Crippen LogP contribution in [0, 0.1) is 0 Å². The molecule has 1 aromatic heterocycles. The number of hydrogen-bond donors (Lipinski definition) is 1. The van der Waals surface area contributed by atoms with Gasteiger partial charge in [-0.15, -0.1) is 0 Å². The standard InChI is InChI=1S/C15H20N2O2/c1-18-11-10-16-9-5-8-15-17-12-14(19-15)13-6-3-2-4-7-13/h2-4,6-7,12,16H,5,8-11H2,1H3. The van der Waals surface area contributed by atoms with Gasteiger partial charge in [-0.3, -0.25) is 0 Å². The number of methoxy groups -OCH3 is 1. The van der Waals surface area contributed by atoms with Crippen molar-refractivity contribution in [1.29, 1.82) is 0 Å². The van der Waals surface area contributed by atoms with Gasteiger partial charge in [-0.25, -0.2) is 4.98 Å². The van der Waals surface area contributed by atoms with E-state index in [4.69, 9.17) is 9.15 Å². The second kappa shape index (κ2) is 7.71. The molecule has 1 heterocycles. The molecule has 0 aliphatic rings. The molecule has 1 N–H and O–H groups in total. The molecule has 0 aliphatic carbocycles. The van der Waals surface area contributed by atoms with Crippen molar-refractivity contribution in [3.63, 3.8) is 0 Å². The van der Waals surface area contributed by atoms with Crippen LogP contribution in [0.1, 0.15) is 12.3 Å². The van der Waals surface area contributed by atoms with Gasteiger partial charge in [0.05, 0.1) is 12.8 Å². The third-order valence-electron chi connectivity index (χ3n) is 2.84. The number of nitrogens with one attached hydrogen (secondary N) is 1. The first-order chi connectivity index (χ1) is 9.40. The van der Waals surface area contributed by atoms with Gasteiger partial charge in [0.15, 0.2) is 11.7 Å². The van der Waals surface area contributed by atoms with E-state index in [2.05, 4.69) is 10.3 Å². The summed E-state index contributed by atoms with van der Waals surface area (Å²) in [6.07, 6.45) is 3.66. The molecule has 0 amide bonds. The molecule has 0 spiro atoms. The Morgan fingerprint density at radius 3 is 2.84 bits per heavy atom. The predicted molar refractivity (Wildman–Crippen MR) is 75.0 cm³/mol. The first-order valence-electron chi connectivity index (χ1n) is 6.60. The molecule has 0 radical (unpaired) electrons. The summed E-state index contributed by atoms with van der Waals surface area (Å²) in [6.45, 7) is 2.58. The minimum Gasteiger partial charge on any atom is -0.441 e. The van der Waals surface area contributed by atoms with Gasteiger partial charge in [0, 0.05) is 25.6 Å². The molecule has 2 aromatic rings. The molecule has 19 heavy (non-hydrogen) atoms. The van der Waals surface area contributed by atoms with Crippen molar-refractivity contribution < 1.29 is 9.15 Å². The van der Waals surface area contributed by atoms with E-state index < -0.39 is 0 Å². The first-order valence-corrected chi connectivity index (χ1v) is 6.60. The van der Waals surface area contributed by atoms with Crippen molar-refractivity contribution in [2.45, 2.75) is 12.8 Å². The Hall–Kier alpha value is -1.65. The van der Waals surface area contributed by atoms with Crippen molar-refractivity contribution in [3.05, 3.63) is 42.4 Å². The third kappa shape index (κ3) is 4.50. The van der Waals surface area contributed by atoms with Crippen LogP contribution in [0.2, 0.25) is 0 Å². The number of rotatable bonds is 8. The van der Waals surface area contributed by atoms with Crippen LogP contribution < -0.4 is 5.32 Å². The smallest absolute Gasteiger partial charge is 0.194 e. The van der Waals surface area contributed by atoms with Gasteiger partial charge in [-0.1, -0.05) is 30.3 Å². The lowest BCUT2D eigenvalue weighted by molar-refractivity contribution is 0.199. The van der Waals surface area contributed by atoms with Gasteiger partial charge in [0.2, 0.25) is 0 Å². The molecule has 4 nitrogen and oxygen atoms in total. The fourth-order valence-corrected chi connectivity index (χ4v) is 1.83. The van der Waals surface area contributed by atoms with Crippen LogP contribution in [0.5, 0.6) is 0 Å². The molecular formula is C15H20N2O2. The van der Waals surface area contributed by atoms with Gasteiger partial charge >= 0.3 is 0 Å². The Balaban J connectivity index is 1.75. The maximum Gasteiger partial charge on any atom is 0.194 e. The molecule has 0 atom stereocenters. The Bertz CT molecular complexity index is 468. The number of nitrogens with zero attached hydrogens (tertiary/aromatic N) is 1. The Kier molecular flexibility index (Phi) is 5.59. The van der Waals surface area contributed by atoms with Crippen LogP contribution in [0.15, 0.2) is 40.9 Å². The van der Waals surface area contributed by atoms with Gasteiger partial charge in [0.25, 0.3) is 0 Å². The highest BCUT2D eigenvalue weighted by Crippen LogP contribution is 2.20. The number of benzene rings is 1. The molecule has 0 saturated carbocycles. The van der Waals surface area contributed by atoms with Crippen molar-refractivity contribution in [3.8, 4) is 11.3 Å². The van der Waals surface area contributed by atoms with E-state index >= 15 is 0 Å². The van der Waals surface area contributed by atoms with Crippen molar-refractivity contribution in [1.82, 2.24) is 10.3 Å². The number of ether oxygens (including phenoxy) is 1. The number of oxazole rings is 1. The van der Waals surface area contributed by atoms with E-state index in [1.807, 2.05) is 30.3 Å². The summed E-state index contributed by atoms with van der Waals surface area (Å²) in [5.74, 6) is 1.63. The fraction of sp³-hybridized carbons (Fsp3) is 0.400. The van der Waals surface area contributed by atoms with Crippen molar-refractivity contribution >= 4 is 0 Å². The second-order valence-corrected chi connectivity index (χ2v) is 4.33. The first kappa shape index (κ1) is 13.8. The zero-order valence-electron chi connectivity index (χ0n) is 11.3. The molecule has 0 aliphatic heterocycles. The molecular weight excluding hydrogens is 240 g/mol. The Labute approximate surface area is 113 Å². The van der Waals surface area contributed by atoms with Crippen LogP contribution >= 0.6 is 0 Å². The Morgan fingerprint density at radius 2 is 2.05 bits per heavy atom. The van der Waals surface area contributed by atoms with Crippen LogP contribution in [-0.2, 0) is 11.2 Å². The summed E-state index contributed by atoms with van der Waals surface area (Å²) in [4.78, 5) is 4.31. The molecule has 1 aromatic carbocycles. The quantitative estimate of drug-likeness (QED) is 0.741. The third-order valence-corrected chi connectivity index (χ3v) is 2.84. The molecule has 0 bridgehead atoms.